The summed E-state index contributed by atoms with van der Waals surface area (Å²) in [6, 6.07) is 14.3. The van der Waals surface area contributed by atoms with Gasteiger partial charge >= 0.3 is 0 Å². The fourth-order valence-electron chi connectivity index (χ4n) is 2.82. The zero-order valence-corrected chi connectivity index (χ0v) is 20.1. The molecule has 2 aromatic carbocycles. The number of benzene rings is 2. The van der Waals surface area contributed by atoms with Crippen LogP contribution in [0.1, 0.15) is 39.7 Å². The molecule has 4 nitrogen and oxygen atoms in total. The second-order valence-corrected chi connectivity index (χ2v) is 10.2. The zero-order chi connectivity index (χ0) is 22.3. The van der Waals surface area contributed by atoms with Crippen LogP contribution in [0.4, 0.5) is 0 Å². The predicted molar refractivity (Wildman–Crippen MR) is 126 cm³/mol. The lowest BCUT2D eigenvalue weighted by atomic mass is 10.1. The quantitative estimate of drug-likeness (QED) is 0.499. The van der Waals surface area contributed by atoms with Crippen molar-refractivity contribution in [3.8, 4) is 0 Å². The first-order chi connectivity index (χ1) is 14.0. The molecule has 0 unspecified atom stereocenters. The molecule has 0 fully saturated rings. The first kappa shape index (κ1) is 24.6. The Labute approximate surface area is 193 Å². The van der Waals surface area contributed by atoms with E-state index in [4.69, 9.17) is 23.2 Å². The smallest absolute Gasteiger partial charge is 0.242 e. The van der Waals surface area contributed by atoms with Crippen molar-refractivity contribution in [3.05, 3.63) is 64.1 Å². The average Bonchev–Trinajstić information content (AvgIpc) is 2.65. The molecule has 0 radical (unpaired) electrons. The van der Waals surface area contributed by atoms with E-state index in [1.807, 2.05) is 63.2 Å². The molecular formula is C23H28Cl2N2O2S. The highest BCUT2D eigenvalue weighted by atomic mass is 35.5. The van der Waals surface area contributed by atoms with Crippen LogP contribution >= 0.6 is 35.0 Å². The van der Waals surface area contributed by atoms with Gasteiger partial charge in [-0.15, -0.1) is 11.8 Å². The maximum absolute atomic E-state index is 13.1. The Morgan fingerprint density at radius 1 is 1.07 bits per heavy atom. The summed E-state index contributed by atoms with van der Waals surface area (Å²) in [6.07, 6.45) is 0.320. The molecule has 2 rings (SSSR count). The number of thioether (sulfide) groups is 1. The fraction of sp³-hybridized carbons (Fsp3) is 0.391. The van der Waals surface area contributed by atoms with Crippen LogP contribution in [0.5, 0.6) is 0 Å². The molecule has 0 spiro atoms. The van der Waals surface area contributed by atoms with Crippen LogP contribution in [0.2, 0.25) is 10.0 Å². The molecule has 1 N–H and O–H groups in total. The Morgan fingerprint density at radius 2 is 1.73 bits per heavy atom. The lowest BCUT2D eigenvalue weighted by Crippen LogP contribution is -2.52. The first-order valence-electron chi connectivity index (χ1n) is 9.79. The minimum absolute atomic E-state index is 0.0759. The molecule has 0 aliphatic carbocycles. The summed E-state index contributed by atoms with van der Waals surface area (Å²) in [5, 5.41) is 4.25. The van der Waals surface area contributed by atoms with Gasteiger partial charge in [0.2, 0.25) is 11.8 Å². The van der Waals surface area contributed by atoms with E-state index >= 15 is 0 Å². The summed E-state index contributed by atoms with van der Waals surface area (Å²) in [7, 11) is 0. The number of hydrogen-bond donors (Lipinski definition) is 1. The highest BCUT2D eigenvalue weighted by Gasteiger charge is 2.28. The van der Waals surface area contributed by atoms with Crippen molar-refractivity contribution in [2.24, 2.45) is 0 Å². The molecule has 7 heteroatoms. The van der Waals surface area contributed by atoms with Crippen LogP contribution in [0.15, 0.2) is 53.4 Å². The Hall–Kier alpha value is -1.69. The third-order valence-corrected chi connectivity index (χ3v) is 5.81. The summed E-state index contributed by atoms with van der Waals surface area (Å²) >= 11 is 13.6. The van der Waals surface area contributed by atoms with Crippen molar-refractivity contribution < 1.29 is 9.59 Å². The second-order valence-electron chi connectivity index (χ2n) is 8.12. The van der Waals surface area contributed by atoms with Gasteiger partial charge in [0.25, 0.3) is 0 Å². The topological polar surface area (TPSA) is 49.4 Å². The number of rotatable bonds is 8. The summed E-state index contributed by atoms with van der Waals surface area (Å²) in [4.78, 5) is 28.5. The summed E-state index contributed by atoms with van der Waals surface area (Å²) in [5.41, 5.74) is 0.511. The van der Waals surface area contributed by atoms with Crippen LogP contribution in [-0.2, 0) is 16.1 Å². The highest BCUT2D eigenvalue weighted by molar-refractivity contribution is 7.99. The molecule has 1 atom stereocenters. The maximum Gasteiger partial charge on any atom is 0.242 e. The van der Waals surface area contributed by atoms with E-state index < -0.39 is 6.04 Å². The Kier molecular flexibility index (Phi) is 9.08. The van der Waals surface area contributed by atoms with Gasteiger partial charge in [0, 0.05) is 39.2 Å². The van der Waals surface area contributed by atoms with Gasteiger partial charge < -0.3 is 10.2 Å². The second kappa shape index (κ2) is 11.1. The van der Waals surface area contributed by atoms with Crippen molar-refractivity contribution >= 4 is 46.8 Å². The normalized spacial score (nSPS) is 12.3. The van der Waals surface area contributed by atoms with Gasteiger partial charge in [0.05, 0.1) is 0 Å². The van der Waals surface area contributed by atoms with Crippen molar-refractivity contribution in [2.75, 3.05) is 5.75 Å². The third kappa shape index (κ3) is 8.21. The van der Waals surface area contributed by atoms with Crippen molar-refractivity contribution in [3.63, 3.8) is 0 Å². The van der Waals surface area contributed by atoms with Crippen LogP contribution in [0, 0.1) is 0 Å². The van der Waals surface area contributed by atoms with Crippen LogP contribution in [-0.4, -0.2) is 34.0 Å². The minimum atomic E-state index is -0.601. The van der Waals surface area contributed by atoms with Gasteiger partial charge in [0.15, 0.2) is 0 Å². The van der Waals surface area contributed by atoms with Crippen molar-refractivity contribution in [1.29, 1.82) is 0 Å². The number of nitrogens with one attached hydrogen (secondary N) is 1. The molecule has 2 amide bonds. The van der Waals surface area contributed by atoms with E-state index in [0.717, 1.165) is 10.5 Å². The summed E-state index contributed by atoms with van der Waals surface area (Å²) < 4.78 is 0. The fourth-order valence-corrected chi connectivity index (χ4v) is 4.00. The maximum atomic E-state index is 13.1. The lowest BCUT2D eigenvalue weighted by molar-refractivity contribution is -0.140. The monoisotopic (exact) mass is 466 g/mol. The molecule has 0 aliphatic heterocycles. The van der Waals surface area contributed by atoms with Gasteiger partial charge in [-0.05, 0) is 69.7 Å². The Morgan fingerprint density at radius 3 is 2.33 bits per heavy atom. The lowest BCUT2D eigenvalue weighted by Gasteiger charge is -2.31. The van der Waals surface area contributed by atoms with E-state index in [1.54, 1.807) is 29.7 Å². The number of carbonyl (C=O) groups is 2. The van der Waals surface area contributed by atoms with Crippen molar-refractivity contribution in [2.45, 2.75) is 57.1 Å². The number of carbonyl (C=O) groups excluding carboxylic acids is 2. The SMILES string of the molecule is C[C@H](C(=O)NC(C)(C)C)N(Cc1cccc(Cl)c1)C(=O)CCSc1ccc(Cl)cc1. The summed E-state index contributed by atoms with van der Waals surface area (Å²) in [5.74, 6) is 0.358. The van der Waals surface area contributed by atoms with Gasteiger partial charge in [0.1, 0.15) is 6.04 Å². The molecule has 2 aromatic rings. The third-order valence-electron chi connectivity index (χ3n) is 4.31. The van der Waals surface area contributed by atoms with Crippen LogP contribution < -0.4 is 5.32 Å². The number of amides is 2. The molecule has 0 bridgehead atoms. The van der Waals surface area contributed by atoms with Gasteiger partial charge in [-0.1, -0.05) is 35.3 Å². The number of hydrogen-bond acceptors (Lipinski definition) is 3. The molecule has 0 saturated heterocycles. The van der Waals surface area contributed by atoms with Gasteiger partial charge in [-0.25, -0.2) is 0 Å². The van der Waals surface area contributed by atoms with Gasteiger partial charge in [-0.2, -0.15) is 0 Å². The zero-order valence-electron chi connectivity index (χ0n) is 17.7. The standard InChI is InChI=1S/C23H28Cl2N2O2S/c1-16(22(29)26-23(2,3)4)27(15-17-6-5-7-19(25)14-17)21(28)12-13-30-20-10-8-18(24)9-11-20/h5-11,14,16H,12-13,15H2,1-4H3,(H,26,29)/t16-/m1/s1. The predicted octanol–water partition coefficient (Wildman–Crippen LogP) is 5.81. The molecule has 30 heavy (non-hydrogen) atoms. The number of nitrogens with zero attached hydrogens (tertiary/aromatic N) is 1. The number of halogens is 2. The van der Waals surface area contributed by atoms with E-state index in [-0.39, 0.29) is 17.4 Å². The Bertz CT molecular complexity index is 866. The first-order valence-corrected chi connectivity index (χ1v) is 11.5. The molecular weight excluding hydrogens is 439 g/mol. The molecule has 0 aliphatic rings. The van der Waals surface area contributed by atoms with Crippen molar-refractivity contribution in [1.82, 2.24) is 10.2 Å². The average molecular weight is 467 g/mol. The summed E-state index contributed by atoms with van der Waals surface area (Å²) in [6.45, 7) is 7.84. The Balaban J connectivity index is 2.09. The molecule has 0 heterocycles. The van der Waals surface area contributed by atoms with E-state index in [9.17, 15) is 9.59 Å². The van der Waals surface area contributed by atoms with Crippen LogP contribution in [0.3, 0.4) is 0 Å². The molecule has 0 aromatic heterocycles. The van der Waals surface area contributed by atoms with E-state index in [1.165, 1.54) is 0 Å². The van der Waals surface area contributed by atoms with E-state index in [0.29, 0.717) is 28.8 Å². The van der Waals surface area contributed by atoms with E-state index in [2.05, 4.69) is 5.32 Å². The molecule has 0 saturated carbocycles. The van der Waals surface area contributed by atoms with Crippen LogP contribution in [0.25, 0.3) is 0 Å². The molecule has 162 valence electrons. The highest BCUT2D eigenvalue weighted by Crippen LogP contribution is 2.22. The largest absolute Gasteiger partial charge is 0.350 e. The minimum Gasteiger partial charge on any atom is -0.350 e. The van der Waals surface area contributed by atoms with Gasteiger partial charge in [-0.3, -0.25) is 9.59 Å².